The highest BCUT2D eigenvalue weighted by molar-refractivity contribution is 7.89. The number of benzene rings is 2. The molecule has 2 N–H and O–H groups in total. The van der Waals surface area contributed by atoms with Crippen LogP contribution in [0.3, 0.4) is 0 Å². The fourth-order valence-corrected chi connectivity index (χ4v) is 5.49. The summed E-state index contributed by atoms with van der Waals surface area (Å²) >= 11 is 0. The Morgan fingerprint density at radius 2 is 1.95 bits per heavy atom. The average Bonchev–Trinajstić information content (AvgIpc) is 3.55. The van der Waals surface area contributed by atoms with Crippen molar-refractivity contribution in [2.45, 2.75) is 51.5 Å². The molecule has 0 aliphatic carbocycles. The number of aryl methyl sites for hydroxylation is 1. The van der Waals surface area contributed by atoms with Gasteiger partial charge in [0.25, 0.3) is 11.6 Å². The molecule has 1 aliphatic rings. The van der Waals surface area contributed by atoms with Gasteiger partial charge in [-0.15, -0.1) is 0 Å². The van der Waals surface area contributed by atoms with Crippen LogP contribution in [0, 0.1) is 29.9 Å². The molecule has 3 aromatic rings. The summed E-state index contributed by atoms with van der Waals surface area (Å²) in [5.41, 5.74) is 1.63. The fourth-order valence-electron chi connectivity index (χ4n) is 4.14. The fraction of sp³-hybridized carbons (Fsp3) is 0.407. The zero-order chi connectivity index (χ0) is 29.0. The standard InChI is InChI=1S/C27H33N5O7S/c1-17(2)15-29-40(36,37)24-14-21(32(34)35)11-12-23(24)39-27-19(4)25(26(33)28-16-22-6-5-13-38-22)30-31(27)20-9-7-18(3)8-10-20/h7-12,14,17,22,29H,5-6,13,15-16H2,1-4H3,(H,28,33)/t22-/m0/s1. The van der Waals surface area contributed by atoms with Gasteiger partial charge < -0.3 is 14.8 Å². The lowest BCUT2D eigenvalue weighted by Crippen LogP contribution is -2.32. The molecule has 12 nitrogen and oxygen atoms in total. The minimum Gasteiger partial charge on any atom is -0.437 e. The highest BCUT2D eigenvalue weighted by Crippen LogP contribution is 2.35. The van der Waals surface area contributed by atoms with E-state index >= 15 is 0 Å². The highest BCUT2D eigenvalue weighted by Gasteiger charge is 2.28. The molecule has 0 saturated carbocycles. The Morgan fingerprint density at radius 3 is 2.58 bits per heavy atom. The van der Waals surface area contributed by atoms with Crippen LogP contribution in [0.2, 0.25) is 0 Å². The Hall–Kier alpha value is -3.81. The molecule has 0 unspecified atom stereocenters. The van der Waals surface area contributed by atoms with Crippen LogP contribution in [-0.4, -0.2) is 54.8 Å². The number of nitro benzene ring substituents is 1. The number of nitro groups is 1. The van der Waals surface area contributed by atoms with Gasteiger partial charge in [-0.05, 0) is 50.8 Å². The van der Waals surface area contributed by atoms with Crippen LogP contribution in [0.1, 0.15) is 48.3 Å². The summed E-state index contributed by atoms with van der Waals surface area (Å²) in [4.78, 5) is 23.5. The first kappa shape index (κ1) is 29.2. The molecule has 2 heterocycles. The van der Waals surface area contributed by atoms with E-state index in [1.165, 1.54) is 10.7 Å². The van der Waals surface area contributed by atoms with Crippen molar-refractivity contribution in [1.29, 1.82) is 0 Å². The van der Waals surface area contributed by atoms with E-state index in [1.54, 1.807) is 19.1 Å². The molecule has 1 amide bonds. The largest absolute Gasteiger partial charge is 0.437 e. The van der Waals surface area contributed by atoms with Gasteiger partial charge >= 0.3 is 0 Å². The maximum absolute atomic E-state index is 13.2. The summed E-state index contributed by atoms with van der Waals surface area (Å²) in [6.45, 7) is 8.36. The van der Waals surface area contributed by atoms with Crippen molar-refractivity contribution in [2.24, 2.45) is 5.92 Å². The molecule has 1 saturated heterocycles. The molecule has 13 heteroatoms. The number of ether oxygens (including phenoxy) is 2. The van der Waals surface area contributed by atoms with E-state index in [0.717, 1.165) is 30.5 Å². The van der Waals surface area contributed by atoms with E-state index in [0.29, 0.717) is 24.4 Å². The number of rotatable bonds is 11. The lowest BCUT2D eigenvalue weighted by atomic mass is 10.2. The van der Waals surface area contributed by atoms with E-state index < -0.39 is 31.4 Å². The summed E-state index contributed by atoms with van der Waals surface area (Å²) in [7, 11) is -4.19. The Kier molecular flexibility index (Phi) is 8.86. The summed E-state index contributed by atoms with van der Waals surface area (Å²) in [5, 5.41) is 18.8. The number of nitrogens with zero attached hydrogens (tertiary/aromatic N) is 3. The maximum atomic E-state index is 13.2. The second-order valence-electron chi connectivity index (χ2n) is 10.1. The first-order chi connectivity index (χ1) is 19.0. The van der Waals surface area contributed by atoms with E-state index in [4.69, 9.17) is 9.47 Å². The Balaban J connectivity index is 1.77. The van der Waals surface area contributed by atoms with Crippen LogP contribution < -0.4 is 14.8 Å². The summed E-state index contributed by atoms with van der Waals surface area (Å²) in [6, 6.07) is 10.7. The van der Waals surface area contributed by atoms with Crippen LogP contribution in [-0.2, 0) is 14.8 Å². The molecule has 40 heavy (non-hydrogen) atoms. The number of aromatic nitrogens is 2. The summed E-state index contributed by atoms with van der Waals surface area (Å²) < 4.78 is 42.0. The second-order valence-corrected chi connectivity index (χ2v) is 11.8. The molecule has 1 atom stereocenters. The zero-order valence-corrected chi connectivity index (χ0v) is 23.7. The van der Waals surface area contributed by atoms with Gasteiger partial charge in [0.1, 0.15) is 10.6 Å². The number of non-ortho nitro benzene ring substituents is 1. The smallest absolute Gasteiger partial charge is 0.272 e. The van der Waals surface area contributed by atoms with Gasteiger partial charge in [-0.3, -0.25) is 14.9 Å². The van der Waals surface area contributed by atoms with Crippen LogP contribution >= 0.6 is 0 Å². The van der Waals surface area contributed by atoms with E-state index in [9.17, 15) is 23.3 Å². The molecule has 0 radical (unpaired) electrons. The number of carbonyl (C=O) groups is 1. The normalized spacial score (nSPS) is 15.4. The minimum absolute atomic E-state index is 0.00115. The highest BCUT2D eigenvalue weighted by atomic mass is 32.2. The molecule has 0 bridgehead atoms. The van der Waals surface area contributed by atoms with E-state index in [1.807, 2.05) is 32.9 Å². The lowest BCUT2D eigenvalue weighted by Gasteiger charge is -2.15. The molecule has 1 aromatic heterocycles. The van der Waals surface area contributed by atoms with Crippen LogP contribution in [0.4, 0.5) is 5.69 Å². The topological polar surface area (TPSA) is 155 Å². The zero-order valence-electron chi connectivity index (χ0n) is 22.8. The minimum atomic E-state index is -4.19. The predicted octanol–water partition coefficient (Wildman–Crippen LogP) is 4.03. The van der Waals surface area contributed by atoms with Crippen LogP contribution in [0.25, 0.3) is 5.69 Å². The van der Waals surface area contributed by atoms with Gasteiger partial charge in [0.15, 0.2) is 5.69 Å². The first-order valence-electron chi connectivity index (χ1n) is 13.0. The predicted molar refractivity (Wildman–Crippen MR) is 148 cm³/mol. The monoisotopic (exact) mass is 571 g/mol. The summed E-state index contributed by atoms with van der Waals surface area (Å²) in [6.07, 6.45) is 1.73. The summed E-state index contributed by atoms with van der Waals surface area (Å²) in [5.74, 6) is -0.484. The van der Waals surface area contributed by atoms with Crippen molar-refractivity contribution in [2.75, 3.05) is 19.7 Å². The molecular weight excluding hydrogens is 538 g/mol. The number of amides is 1. The molecule has 214 valence electrons. The first-order valence-corrected chi connectivity index (χ1v) is 14.5. The van der Waals surface area contributed by atoms with Crippen LogP contribution in [0.5, 0.6) is 11.6 Å². The van der Waals surface area contributed by atoms with Gasteiger partial charge in [0, 0.05) is 37.4 Å². The number of hydrogen-bond acceptors (Lipinski definition) is 8. The van der Waals surface area contributed by atoms with E-state index in [-0.39, 0.29) is 35.9 Å². The quantitative estimate of drug-likeness (QED) is 0.258. The van der Waals surface area contributed by atoms with Crippen molar-refractivity contribution in [3.8, 4) is 17.3 Å². The van der Waals surface area contributed by atoms with Gasteiger partial charge in [-0.2, -0.15) is 9.78 Å². The second kappa shape index (κ2) is 12.1. The van der Waals surface area contributed by atoms with Crippen LogP contribution in [0.15, 0.2) is 47.4 Å². The van der Waals surface area contributed by atoms with Crippen molar-refractivity contribution in [3.63, 3.8) is 0 Å². The van der Waals surface area contributed by atoms with Gasteiger partial charge in [-0.25, -0.2) is 13.1 Å². The van der Waals surface area contributed by atoms with Crippen molar-refractivity contribution in [1.82, 2.24) is 19.8 Å². The van der Waals surface area contributed by atoms with E-state index in [2.05, 4.69) is 15.1 Å². The molecule has 1 aliphatic heterocycles. The third-order valence-corrected chi connectivity index (χ3v) is 7.84. The third-order valence-electron chi connectivity index (χ3n) is 6.39. The molecule has 4 rings (SSSR count). The molecule has 2 aromatic carbocycles. The SMILES string of the molecule is Cc1ccc(-n2nc(C(=O)NC[C@@H]3CCCO3)c(C)c2Oc2ccc([N+](=O)[O-])cc2S(=O)(=O)NCC(C)C)cc1. The number of sulfonamides is 1. The molecular formula is C27H33N5O7S. The number of nitrogens with one attached hydrogen (secondary N) is 2. The molecule has 1 fully saturated rings. The average molecular weight is 572 g/mol. The maximum Gasteiger partial charge on any atom is 0.272 e. The lowest BCUT2D eigenvalue weighted by molar-refractivity contribution is -0.385. The Bertz CT molecular complexity index is 1490. The number of carbonyl (C=O) groups excluding carboxylic acids is 1. The Morgan fingerprint density at radius 1 is 1.23 bits per heavy atom. The van der Waals surface area contributed by atoms with Gasteiger partial charge in [0.05, 0.1) is 16.7 Å². The third kappa shape index (κ3) is 6.66. The van der Waals surface area contributed by atoms with Crippen molar-refractivity contribution >= 4 is 21.6 Å². The van der Waals surface area contributed by atoms with Gasteiger partial charge in [0.2, 0.25) is 15.9 Å². The van der Waals surface area contributed by atoms with Crippen molar-refractivity contribution in [3.05, 3.63) is 69.4 Å². The Labute approximate surface area is 232 Å². The van der Waals surface area contributed by atoms with Gasteiger partial charge in [-0.1, -0.05) is 31.5 Å². The number of hydrogen-bond donors (Lipinski definition) is 2. The van der Waals surface area contributed by atoms with Crippen molar-refractivity contribution < 1.29 is 27.6 Å². The molecule has 0 spiro atoms.